The predicted octanol–water partition coefficient (Wildman–Crippen LogP) is 3.38. The Morgan fingerprint density at radius 3 is 2.55 bits per heavy atom. The molecule has 5 heteroatoms. The molecule has 0 aliphatic carbocycles. The third-order valence-electron chi connectivity index (χ3n) is 2.91. The van der Waals surface area contributed by atoms with E-state index < -0.39 is 5.97 Å². The first-order valence-electron chi connectivity index (χ1n) is 6.13. The number of aromatic carboxylic acids is 1. The van der Waals surface area contributed by atoms with Crippen LogP contribution in [0.5, 0.6) is 0 Å². The Morgan fingerprint density at radius 2 is 1.95 bits per heavy atom. The molecule has 0 bridgehead atoms. The van der Waals surface area contributed by atoms with Crippen molar-refractivity contribution in [2.45, 2.75) is 13.5 Å². The lowest BCUT2D eigenvalue weighted by Crippen LogP contribution is -2.18. The van der Waals surface area contributed by atoms with Crippen molar-refractivity contribution in [3.05, 3.63) is 58.2 Å². The van der Waals surface area contributed by atoms with Crippen molar-refractivity contribution in [1.29, 1.82) is 0 Å². The van der Waals surface area contributed by atoms with E-state index in [1.807, 2.05) is 36.2 Å². The van der Waals surface area contributed by atoms with Crippen LogP contribution in [0.25, 0.3) is 0 Å². The van der Waals surface area contributed by atoms with E-state index in [0.717, 1.165) is 5.56 Å². The number of hydrogen-bond acceptors (Lipinski definition) is 3. The van der Waals surface area contributed by atoms with Gasteiger partial charge in [-0.3, -0.25) is 0 Å². The summed E-state index contributed by atoms with van der Waals surface area (Å²) in [6, 6.07) is 10.7. The summed E-state index contributed by atoms with van der Waals surface area (Å²) < 4.78 is 0. The Balaban J connectivity index is 2.22. The molecule has 0 radical (unpaired) electrons. The molecule has 0 fully saturated rings. The fourth-order valence-electron chi connectivity index (χ4n) is 1.91. The SMILES string of the molecule is Cc1cc(C(=O)O)cc(N(C)Cc2ccc(Cl)cc2)n1. The van der Waals surface area contributed by atoms with Crippen molar-refractivity contribution in [1.82, 2.24) is 4.98 Å². The molecule has 0 atom stereocenters. The van der Waals surface area contributed by atoms with E-state index in [4.69, 9.17) is 16.7 Å². The molecule has 0 saturated heterocycles. The lowest BCUT2D eigenvalue weighted by atomic mass is 10.2. The maximum absolute atomic E-state index is 11.1. The standard InChI is InChI=1S/C15H15ClN2O2/c1-10-7-12(15(19)20)8-14(17-10)18(2)9-11-3-5-13(16)6-4-11/h3-8H,9H2,1-2H3,(H,19,20). The predicted molar refractivity (Wildman–Crippen MR) is 79.5 cm³/mol. The van der Waals surface area contributed by atoms with Gasteiger partial charge in [-0.1, -0.05) is 23.7 Å². The number of carbonyl (C=O) groups is 1. The average Bonchev–Trinajstić information content (AvgIpc) is 2.40. The second-order valence-corrected chi connectivity index (χ2v) is 5.08. The molecule has 104 valence electrons. The number of carboxylic acid groups (broad SMARTS) is 1. The van der Waals surface area contributed by atoms with Gasteiger partial charge >= 0.3 is 5.97 Å². The van der Waals surface area contributed by atoms with Gasteiger partial charge in [-0.15, -0.1) is 0 Å². The van der Waals surface area contributed by atoms with E-state index in [9.17, 15) is 4.79 Å². The van der Waals surface area contributed by atoms with E-state index in [-0.39, 0.29) is 5.56 Å². The van der Waals surface area contributed by atoms with Gasteiger partial charge in [-0.05, 0) is 36.8 Å². The molecule has 0 unspecified atom stereocenters. The van der Waals surface area contributed by atoms with E-state index in [1.54, 1.807) is 19.1 Å². The molecule has 0 amide bonds. The smallest absolute Gasteiger partial charge is 0.335 e. The Kier molecular flexibility index (Phi) is 4.25. The van der Waals surface area contributed by atoms with Crippen LogP contribution in [0.15, 0.2) is 36.4 Å². The molecule has 2 aromatic rings. The van der Waals surface area contributed by atoms with Gasteiger partial charge < -0.3 is 10.0 Å². The molecule has 1 aromatic heterocycles. The molecule has 1 aromatic carbocycles. The fraction of sp³-hybridized carbons (Fsp3) is 0.200. The zero-order chi connectivity index (χ0) is 14.7. The maximum Gasteiger partial charge on any atom is 0.335 e. The van der Waals surface area contributed by atoms with Crippen LogP contribution in [0.4, 0.5) is 5.82 Å². The number of rotatable bonds is 4. The van der Waals surface area contributed by atoms with Crippen LogP contribution >= 0.6 is 11.6 Å². The van der Waals surface area contributed by atoms with Gasteiger partial charge in [0.25, 0.3) is 0 Å². The molecule has 4 nitrogen and oxygen atoms in total. The molecule has 1 heterocycles. The zero-order valence-corrected chi connectivity index (χ0v) is 12.1. The Morgan fingerprint density at radius 1 is 1.30 bits per heavy atom. The Hall–Kier alpha value is -2.07. The molecule has 2 rings (SSSR count). The molecule has 0 aliphatic rings. The first kappa shape index (κ1) is 14.3. The number of aryl methyl sites for hydroxylation is 1. The van der Waals surface area contributed by atoms with Crippen molar-refractivity contribution < 1.29 is 9.90 Å². The second kappa shape index (κ2) is 5.92. The van der Waals surface area contributed by atoms with Gasteiger partial charge in [0, 0.05) is 24.3 Å². The highest BCUT2D eigenvalue weighted by Crippen LogP contribution is 2.17. The van der Waals surface area contributed by atoms with E-state index in [1.165, 1.54) is 0 Å². The van der Waals surface area contributed by atoms with Crippen LogP contribution in [0.2, 0.25) is 5.02 Å². The monoisotopic (exact) mass is 290 g/mol. The minimum Gasteiger partial charge on any atom is -0.478 e. The maximum atomic E-state index is 11.1. The normalized spacial score (nSPS) is 10.3. The van der Waals surface area contributed by atoms with E-state index in [2.05, 4.69) is 4.98 Å². The molecule has 1 N–H and O–H groups in total. The first-order valence-corrected chi connectivity index (χ1v) is 6.51. The molecule has 20 heavy (non-hydrogen) atoms. The van der Waals surface area contributed by atoms with Gasteiger partial charge in [-0.2, -0.15) is 0 Å². The minimum atomic E-state index is -0.948. The molecule has 0 aliphatic heterocycles. The number of hydrogen-bond donors (Lipinski definition) is 1. The lowest BCUT2D eigenvalue weighted by Gasteiger charge is -2.19. The summed E-state index contributed by atoms with van der Waals surface area (Å²) in [6.45, 7) is 2.42. The van der Waals surface area contributed by atoms with Gasteiger partial charge in [0.2, 0.25) is 0 Å². The third-order valence-corrected chi connectivity index (χ3v) is 3.16. The highest BCUT2D eigenvalue weighted by Gasteiger charge is 2.10. The highest BCUT2D eigenvalue weighted by atomic mass is 35.5. The summed E-state index contributed by atoms with van der Waals surface area (Å²) in [5.74, 6) is -0.311. The van der Waals surface area contributed by atoms with Crippen LogP contribution in [-0.4, -0.2) is 23.1 Å². The lowest BCUT2D eigenvalue weighted by molar-refractivity contribution is 0.0696. The number of aromatic nitrogens is 1. The zero-order valence-electron chi connectivity index (χ0n) is 11.3. The summed E-state index contributed by atoms with van der Waals surface area (Å²) in [6.07, 6.45) is 0. The summed E-state index contributed by atoms with van der Waals surface area (Å²) in [4.78, 5) is 17.3. The molecular formula is C15H15ClN2O2. The summed E-state index contributed by atoms with van der Waals surface area (Å²) in [7, 11) is 1.88. The van der Waals surface area contributed by atoms with Gasteiger partial charge in [0.1, 0.15) is 5.82 Å². The summed E-state index contributed by atoms with van der Waals surface area (Å²) >= 11 is 5.85. The van der Waals surface area contributed by atoms with Crippen LogP contribution in [0.3, 0.4) is 0 Å². The topological polar surface area (TPSA) is 53.4 Å². The quantitative estimate of drug-likeness (QED) is 0.938. The largest absolute Gasteiger partial charge is 0.478 e. The second-order valence-electron chi connectivity index (χ2n) is 4.64. The van der Waals surface area contributed by atoms with Crippen molar-refractivity contribution in [2.24, 2.45) is 0 Å². The summed E-state index contributed by atoms with van der Waals surface area (Å²) in [5.41, 5.74) is 2.01. The van der Waals surface area contributed by atoms with E-state index in [0.29, 0.717) is 23.1 Å². The average molecular weight is 291 g/mol. The Labute approximate surface area is 122 Å². The number of halogens is 1. The number of pyridine rings is 1. The van der Waals surface area contributed by atoms with Crippen LogP contribution in [0, 0.1) is 6.92 Å². The first-order chi connectivity index (χ1) is 9.45. The van der Waals surface area contributed by atoms with Crippen molar-refractivity contribution in [2.75, 3.05) is 11.9 Å². The number of anilines is 1. The third kappa shape index (κ3) is 3.48. The number of nitrogens with zero attached hydrogens (tertiary/aromatic N) is 2. The van der Waals surface area contributed by atoms with Crippen LogP contribution in [0.1, 0.15) is 21.6 Å². The van der Waals surface area contributed by atoms with Crippen molar-refractivity contribution in [3.8, 4) is 0 Å². The summed E-state index contributed by atoms with van der Waals surface area (Å²) in [5, 5.41) is 9.77. The molecule has 0 saturated carbocycles. The van der Waals surface area contributed by atoms with Gasteiger partial charge in [0.15, 0.2) is 0 Å². The van der Waals surface area contributed by atoms with Crippen LogP contribution in [-0.2, 0) is 6.54 Å². The Bertz CT molecular complexity index is 626. The van der Waals surface area contributed by atoms with Crippen molar-refractivity contribution in [3.63, 3.8) is 0 Å². The van der Waals surface area contributed by atoms with Crippen molar-refractivity contribution >= 4 is 23.4 Å². The minimum absolute atomic E-state index is 0.246. The van der Waals surface area contributed by atoms with E-state index >= 15 is 0 Å². The number of benzene rings is 1. The highest BCUT2D eigenvalue weighted by molar-refractivity contribution is 6.30. The van der Waals surface area contributed by atoms with Gasteiger partial charge in [-0.25, -0.2) is 9.78 Å². The van der Waals surface area contributed by atoms with Gasteiger partial charge in [0.05, 0.1) is 5.56 Å². The number of carboxylic acids is 1. The fourth-order valence-corrected chi connectivity index (χ4v) is 2.04. The van der Waals surface area contributed by atoms with Crippen LogP contribution < -0.4 is 4.90 Å². The molecular weight excluding hydrogens is 276 g/mol. The molecule has 0 spiro atoms.